The van der Waals surface area contributed by atoms with Crippen molar-refractivity contribution in [2.75, 3.05) is 6.66 Å². The molecule has 0 spiro atoms. The predicted octanol–water partition coefficient (Wildman–Crippen LogP) is 2.04. The zero-order valence-corrected chi connectivity index (χ0v) is 8.14. The molecule has 1 aromatic rings. The van der Waals surface area contributed by atoms with Gasteiger partial charge < -0.3 is 4.42 Å². The topological polar surface area (TPSA) is 13.1 Å². The van der Waals surface area contributed by atoms with Crippen LogP contribution in [0.3, 0.4) is 0 Å². The Morgan fingerprint density at radius 2 is 2.18 bits per heavy atom. The van der Waals surface area contributed by atoms with Gasteiger partial charge in [-0.25, -0.2) is 0 Å². The van der Waals surface area contributed by atoms with E-state index in [1.54, 1.807) is 6.26 Å². The minimum atomic E-state index is -1.49. The van der Waals surface area contributed by atoms with Crippen LogP contribution in [0.4, 0.5) is 0 Å². The van der Waals surface area contributed by atoms with Gasteiger partial charge in [-0.15, -0.1) is 0 Å². The molecule has 0 amide bonds. The Morgan fingerprint density at radius 3 is 2.55 bits per heavy atom. The fourth-order valence-corrected chi connectivity index (χ4v) is 2.00. The summed E-state index contributed by atoms with van der Waals surface area (Å²) in [6.45, 7) is 6.36. The second-order valence-corrected chi connectivity index (χ2v) is 6.96. The van der Waals surface area contributed by atoms with Crippen molar-refractivity contribution in [1.29, 1.82) is 0 Å². The lowest BCUT2D eigenvalue weighted by Gasteiger charge is -2.18. The summed E-state index contributed by atoms with van der Waals surface area (Å²) in [5.74, 6) is 0. The molecule has 0 aliphatic rings. The van der Waals surface area contributed by atoms with Gasteiger partial charge in [0.1, 0.15) is 0 Å². The summed E-state index contributed by atoms with van der Waals surface area (Å²) < 4.78 is 5.28. The average Bonchev–Trinajstić information content (AvgIpc) is 2.37. The Kier molecular flexibility index (Phi) is 2.44. The SMILES string of the molecule is [B][P+](C)(c1ccco1)C(C)C. The Hall–Kier alpha value is -0.225. The molecule has 0 aliphatic carbocycles. The van der Waals surface area contributed by atoms with E-state index < -0.39 is 7.14 Å². The maximum Gasteiger partial charge on any atom is 0.374 e. The first-order valence-corrected chi connectivity index (χ1v) is 6.11. The molecule has 0 saturated carbocycles. The van der Waals surface area contributed by atoms with Crippen molar-refractivity contribution in [2.45, 2.75) is 19.5 Å². The molecular weight excluding hydrogens is 154 g/mol. The number of furan rings is 1. The first-order valence-electron chi connectivity index (χ1n) is 3.74. The van der Waals surface area contributed by atoms with Crippen LogP contribution < -0.4 is 5.50 Å². The van der Waals surface area contributed by atoms with Gasteiger partial charge in [0.25, 0.3) is 0 Å². The van der Waals surface area contributed by atoms with Crippen LogP contribution in [0.15, 0.2) is 22.8 Å². The lowest BCUT2D eigenvalue weighted by atomic mass is 10.6. The van der Waals surface area contributed by atoms with Gasteiger partial charge in [-0.1, -0.05) is 0 Å². The van der Waals surface area contributed by atoms with Crippen LogP contribution in [0.2, 0.25) is 0 Å². The number of rotatable bonds is 2. The smallest absolute Gasteiger partial charge is 0.374 e. The van der Waals surface area contributed by atoms with Gasteiger partial charge in [0, 0.05) is 19.9 Å². The molecule has 2 radical (unpaired) electrons. The molecule has 3 heteroatoms. The van der Waals surface area contributed by atoms with Crippen molar-refractivity contribution in [3.63, 3.8) is 0 Å². The van der Waals surface area contributed by atoms with Gasteiger partial charge in [-0.3, -0.25) is 0 Å². The highest BCUT2D eigenvalue weighted by atomic mass is 31.2. The zero-order chi connectivity index (χ0) is 8.48. The van der Waals surface area contributed by atoms with Gasteiger partial charge >= 0.3 is 7.57 Å². The third-order valence-electron chi connectivity index (χ3n) is 2.05. The maximum atomic E-state index is 6.14. The van der Waals surface area contributed by atoms with Crippen LogP contribution in [-0.4, -0.2) is 19.9 Å². The minimum absolute atomic E-state index is 0.494. The van der Waals surface area contributed by atoms with Crippen LogP contribution in [-0.2, 0) is 0 Å². The lowest BCUT2D eigenvalue weighted by molar-refractivity contribution is 0.601. The highest BCUT2D eigenvalue weighted by Crippen LogP contribution is 2.53. The average molecular weight is 167 g/mol. The second-order valence-electron chi connectivity index (χ2n) is 3.19. The van der Waals surface area contributed by atoms with Crippen LogP contribution in [0.5, 0.6) is 0 Å². The van der Waals surface area contributed by atoms with Crippen LogP contribution in [0.1, 0.15) is 13.8 Å². The fraction of sp³-hybridized carbons (Fsp3) is 0.500. The van der Waals surface area contributed by atoms with Crippen molar-refractivity contribution in [1.82, 2.24) is 0 Å². The van der Waals surface area contributed by atoms with Crippen molar-refractivity contribution in [2.24, 2.45) is 0 Å². The van der Waals surface area contributed by atoms with Gasteiger partial charge in [0.15, 0.2) is 0 Å². The summed E-state index contributed by atoms with van der Waals surface area (Å²) in [5.41, 5.74) is 1.46. The first-order chi connectivity index (χ1) is 5.05. The molecule has 1 unspecified atom stereocenters. The maximum absolute atomic E-state index is 6.14. The van der Waals surface area contributed by atoms with E-state index in [4.69, 9.17) is 12.0 Å². The van der Waals surface area contributed by atoms with E-state index in [0.717, 1.165) is 5.50 Å². The second kappa shape index (κ2) is 3.02. The van der Waals surface area contributed by atoms with E-state index in [9.17, 15) is 0 Å². The molecule has 1 rings (SSSR count). The largest absolute Gasteiger partial charge is 0.436 e. The Bertz CT molecular complexity index is 216. The van der Waals surface area contributed by atoms with E-state index in [1.807, 2.05) is 12.1 Å². The summed E-state index contributed by atoms with van der Waals surface area (Å²) in [7, 11) is 4.66. The normalized spacial score (nSPS) is 16.7. The summed E-state index contributed by atoms with van der Waals surface area (Å²) in [5, 5.41) is 0. The first kappa shape index (κ1) is 8.87. The molecule has 1 atom stereocenters. The van der Waals surface area contributed by atoms with Crippen molar-refractivity contribution in [3.05, 3.63) is 18.4 Å². The van der Waals surface area contributed by atoms with E-state index in [-0.39, 0.29) is 0 Å². The molecule has 0 bridgehead atoms. The van der Waals surface area contributed by atoms with Crippen molar-refractivity contribution >= 4 is 20.2 Å². The zero-order valence-electron chi connectivity index (χ0n) is 7.24. The molecule has 1 aromatic heterocycles. The highest BCUT2D eigenvalue weighted by molar-refractivity contribution is 8.02. The molecule has 58 valence electrons. The third kappa shape index (κ3) is 1.68. The molecule has 1 heterocycles. The summed E-state index contributed by atoms with van der Waals surface area (Å²) in [6.07, 6.45) is 1.68. The summed E-state index contributed by atoms with van der Waals surface area (Å²) >= 11 is 0. The van der Waals surface area contributed by atoms with Gasteiger partial charge in [-0.2, -0.15) is 0 Å². The standard InChI is InChI=1S/C8H13BOP/c1-7(2)11(3,9)8-5-4-6-10-8/h4-7H,1-3H3/q+1. The van der Waals surface area contributed by atoms with Crippen molar-refractivity contribution < 1.29 is 4.42 Å². The van der Waals surface area contributed by atoms with E-state index in [1.165, 1.54) is 0 Å². The molecule has 0 fully saturated rings. The van der Waals surface area contributed by atoms with Gasteiger partial charge in [-0.05, 0) is 19.9 Å². The summed E-state index contributed by atoms with van der Waals surface area (Å²) in [4.78, 5) is 0. The molecular formula is C8H13BOP+. The Balaban J connectivity index is 2.90. The van der Waals surface area contributed by atoms with Crippen LogP contribution >= 0.6 is 7.14 Å². The number of hydrogen-bond donors (Lipinski definition) is 0. The van der Waals surface area contributed by atoms with E-state index in [0.29, 0.717) is 5.66 Å². The monoisotopic (exact) mass is 167 g/mol. The van der Waals surface area contributed by atoms with Crippen LogP contribution in [0, 0.1) is 0 Å². The lowest BCUT2D eigenvalue weighted by Crippen LogP contribution is -2.16. The van der Waals surface area contributed by atoms with E-state index >= 15 is 0 Å². The third-order valence-corrected chi connectivity index (χ3v) is 5.40. The number of hydrogen-bond acceptors (Lipinski definition) is 1. The molecule has 11 heavy (non-hydrogen) atoms. The molecule has 0 aromatic carbocycles. The Morgan fingerprint density at radius 1 is 1.55 bits per heavy atom. The fourth-order valence-electron chi connectivity index (χ4n) is 0.799. The Labute approximate surface area is 69.9 Å². The molecule has 0 N–H and O–H groups in total. The summed E-state index contributed by atoms with van der Waals surface area (Å²) in [6, 6.07) is 3.86. The van der Waals surface area contributed by atoms with E-state index in [2.05, 4.69) is 20.5 Å². The van der Waals surface area contributed by atoms with Gasteiger partial charge in [0.2, 0.25) is 5.50 Å². The van der Waals surface area contributed by atoms with Gasteiger partial charge in [0.05, 0.1) is 11.9 Å². The highest BCUT2D eigenvalue weighted by Gasteiger charge is 2.35. The van der Waals surface area contributed by atoms with Crippen LogP contribution in [0.25, 0.3) is 0 Å². The molecule has 0 saturated heterocycles. The minimum Gasteiger partial charge on any atom is -0.436 e. The quantitative estimate of drug-likeness (QED) is 0.485. The molecule has 0 aliphatic heterocycles. The predicted molar refractivity (Wildman–Crippen MR) is 52.1 cm³/mol. The van der Waals surface area contributed by atoms with Crippen molar-refractivity contribution in [3.8, 4) is 0 Å². The molecule has 1 nitrogen and oxygen atoms in total.